The molecular weight excluding hydrogens is 743 g/mol. The van der Waals surface area contributed by atoms with Gasteiger partial charge in [-0.05, 0) is 70.1 Å². The van der Waals surface area contributed by atoms with Crippen LogP contribution in [0.2, 0.25) is 0 Å². The van der Waals surface area contributed by atoms with E-state index in [-0.39, 0.29) is 36.8 Å². The van der Waals surface area contributed by atoms with Crippen molar-refractivity contribution in [3.05, 3.63) is 12.7 Å². The van der Waals surface area contributed by atoms with Gasteiger partial charge in [0.25, 0.3) is 0 Å². The molecule has 0 spiro atoms. The SMILES string of the molecule is C=CC(C)(C)O[C@H](C)[C@@H]1NC(=O)[C@H]([C@@H](C)CC)NC(=O)[C@@H]2CCCN2C(=O)[C@H]([C@@H](C)CC)NC(=O)[C@H]([C@@H](C)CC)NC(=O)[C@@H]2CCCN2C(=O)[C@H]([C@@H](C)CC)NC1=O. The summed E-state index contributed by atoms with van der Waals surface area (Å²) in [7, 11) is 0. The minimum Gasteiger partial charge on any atom is -0.366 e. The van der Waals surface area contributed by atoms with Gasteiger partial charge in [-0.25, -0.2) is 0 Å². The second-order valence-electron chi connectivity index (χ2n) is 17.5. The van der Waals surface area contributed by atoms with Crippen LogP contribution < -0.4 is 26.6 Å². The summed E-state index contributed by atoms with van der Waals surface area (Å²) < 4.78 is 6.24. The summed E-state index contributed by atoms with van der Waals surface area (Å²) >= 11 is 0. The van der Waals surface area contributed by atoms with Crippen LogP contribution in [0, 0.1) is 23.7 Å². The lowest BCUT2D eigenvalue weighted by molar-refractivity contribution is -0.145. The Morgan fingerprint density at radius 1 is 0.569 bits per heavy atom. The van der Waals surface area contributed by atoms with E-state index < -0.39 is 95.3 Å². The number of amides is 7. The molecule has 328 valence electrons. The monoisotopic (exact) mass is 816 g/mol. The van der Waals surface area contributed by atoms with Crippen LogP contribution in [0.5, 0.6) is 0 Å². The third-order valence-corrected chi connectivity index (χ3v) is 12.8. The maximum absolute atomic E-state index is 14.5. The van der Waals surface area contributed by atoms with E-state index in [9.17, 15) is 33.6 Å². The Kier molecular flexibility index (Phi) is 17.8. The zero-order valence-electron chi connectivity index (χ0n) is 36.9. The van der Waals surface area contributed by atoms with E-state index in [0.29, 0.717) is 51.4 Å². The number of fused-ring (bicyclic) bond motifs is 2. The molecule has 12 atom stereocenters. The summed E-state index contributed by atoms with van der Waals surface area (Å²) in [6.45, 7) is 24.5. The molecule has 0 aliphatic carbocycles. The molecule has 58 heavy (non-hydrogen) atoms. The van der Waals surface area contributed by atoms with Crippen LogP contribution in [0.3, 0.4) is 0 Å². The summed E-state index contributed by atoms with van der Waals surface area (Å²) in [5.41, 5.74) is -0.895. The Hall–Kier alpha value is -4.01. The van der Waals surface area contributed by atoms with Crippen LogP contribution in [0.4, 0.5) is 0 Å². The highest BCUT2D eigenvalue weighted by Gasteiger charge is 2.45. The lowest BCUT2D eigenvalue weighted by atomic mass is 9.94. The topological polar surface area (TPSA) is 195 Å². The second-order valence-corrected chi connectivity index (χ2v) is 17.5. The molecule has 3 aliphatic rings. The van der Waals surface area contributed by atoms with E-state index in [2.05, 4.69) is 33.2 Å². The van der Waals surface area contributed by atoms with Crippen LogP contribution in [-0.2, 0) is 38.3 Å². The summed E-state index contributed by atoms with van der Waals surface area (Å²) in [5.74, 6) is -5.08. The Bertz CT molecular complexity index is 1500. The molecule has 5 N–H and O–H groups in total. The maximum atomic E-state index is 14.5. The minimum atomic E-state index is -1.31. The van der Waals surface area contributed by atoms with Gasteiger partial charge in [-0.2, -0.15) is 0 Å². The van der Waals surface area contributed by atoms with Crippen molar-refractivity contribution in [1.29, 1.82) is 0 Å². The van der Waals surface area contributed by atoms with Gasteiger partial charge in [0, 0.05) is 13.1 Å². The maximum Gasteiger partial charge on any atom is 0.246 e. The number of nitrogens with zero attached hydrogens (tertiary/aromatic N) is 2. The summed E-state index contributed by atoms with van der Waals surface area (Å²) in [5, 5.41) is 14.6. The Balaban J connectivity index is 2.21. The zero-order valence-corrected chi connectivity index (χ0v) is 36.9. The fourth-order valence-electron chi connectivity index (χ4n) is 7.95. The molecule has 3 fully saturated rings. The Morgan fingerprint density at radius 2 is 0.879 bits per heavy atom. The first-order valence-electron chi connectivity index (χ1n) is 21.7. The van der Waals surface area contributed by atoms with Crippen LogP contribution in [0.1, 0.15) is 128 Å². The predicted molar refractivity (Wildman–Crippen MR) is 222 cm³/mol. The summed E-state index contributed by atoms with van der Waals surface area (Å²) in [6.07, 6.45) is 4.57. The van der Waals surface area contributed by atoms with E-state index in [1.165, 1.54) is 9.80 Å². The van der Waals surface area contributed by atoms with Crippen molar-refractivity contribution in [3.63, 3.8) is 0 Å². The van der Waals surface area contributed by atoms with Crippen molar-refractivity contribution in [2.75, 3.05) is 13.1 Å². The number of carbonyl (C=O) groups excluding carboxylic acids is 7. The molecule has 0 bridgehead atoms. The first-order valence-corrected chi connectivity index (χ1v) is 21.7. The minimum absolute atomic E-state index is 0.269. The van der Waals surface area contributed by atoms with Gasteiger partial charge in [-0.15, -0.1) is 6.58 Å². The molecule has 7 amide bonds. The van der Waals surface area contributed by atoms with Gasteiger partial charge in [0.15, 0.2) is 0 Å². The van der Waals surface area contributed by atoms with Gasteiger partial charge in [0.05, 0.1) is 11.7 Å². The molecule has 0 aromatic heterocycles. The lowest BCUT2D eigenvalue weighted by Crippen LogP contribution is -2.63. The van der Waals surface area contributed by atoms with Crippen molar-refractivity contribution in [2.24, 2.45) is 23.7 Å². The molecule has 3 saturated heterocycles. The zero-order chi connectivity index (χ0) is 43.6. The lowest BCUT2D eigenvalue weighted by Gasteiger charge is -2.35. The number of ether oxygens (including phenoxy) is 1. The highest BCUT2D eigenvalue weighted by atomic mass is 16.5. The molecule has 0 aromatic carbocycles. The average Bonchev–Trinajstić information content (AvgIpc) is 3.91. The van der Waals surface area contributed by atoms with E-state index in [4.69, 9.17) is 4.74 Å². The fourth-order valence-corrected chi connectivity index (χ4v) is 7.95. The van der Waals surface area contributed by atoms with Crippen molar-refractivity contribution in [1.82, 2.24) is 36.4 Å². The quantitative estimate of drug-likeness (QED) is 0.186. The second kappa shape index (κ2) is 21.3. The molecule has 3 rings (SSSR count). The summed E-state index contributed by atoms with van der Waals surface area (Å²) in [6, 6.07) is -7.26. The Labute approximate surface area is 346 Å². The largest absolute Gasteiger partial charge is 0.366 e. The molecular formula is C43H73N7O8. The van der Waals surface area contributed by atoms with Crippen LogP contribution in [0.25, 0.3) is 0 Å². The van der Waals surface area contributed by atoms with E-state index in [0.717, 1.165) is 0 Å². The average molecular weight is 816 g/mol. The van der Waals surface area contributed by atoms with E-state index in [1.54, 1.807) is 26.8 Å². The van der Waals surface area contributed by atoms with Crippen LogP contribution >= 0.6 is 0 Å². The van der Waals surface area contributed by atoms with E-state index in [1.807, 2.05) is 55.4 Å². The van der Waals surface area contributed by atoms with Gasteiger partial charge < -0.3 is 41.1 Å². The van der Waals surface area contributed by atoms with Gasteiger partial charge in [-0.3, -0.25) is 33.6 Å². The van der Waals surface area contributed by atoms with Gasteiger partial charge >= 0.3 is 0 Å². The van der Waals surface area contributed by atoms with Gasteiger partial charge in [0.1, 0.15) is 42.3 Å². The standard InChI is InChI=1S/C43H73N7O8/c1-13-24(6)31-38(53)46-33(26(8)15-3)41(56)49-22-18-21-30(49)37(52)45-32(25(7)14-2)39(54)48-35(28(10)58-43(11,12)17-5)40(55)47-34(27(9)16-4)42(57)50-23-19-20-29(50)36(51)44-31/h17,24-35H,5,13-16,18-23H2,1-4,6-12H3,(H,44,51)(H,45,52)(H,46,53)(H,47,55)(H,48,54)/t24-,25-,26-,27-,28+,29-,30-,31-,32-,33-,34-,35-/m0/s1. The molecule has 15 heteroatoms. The molecule has 3 aliphatic heterocycles. The van der Waals surface area contributed by atoms with Crippen molar-refractivity contribution in [3.8, 4) is 0 Å². The fraction of sp³-hybridized carbons (Fsp3) is 0.791. The molecule has 15 nitrogen and oxygen atoms in total. The predicted octanol–water partition coefficient (Wildman–Crippen LogP) is 2.96. The highest BCUT2D eigenvalue weighted by molar-refractivity contribution is 5.99. The van der Waals surface area contributed by atoms with E-state index >= 15 is 0 Å². The highest BCUT2D eigenvalue weighted by Crippen LogP contribution is 2.26. The van der Waals surface area contributed by atoms with Crippen molar-refractivity contribution < 1.29 is 38.3 Å². The first-order chi connectivity index (χ1) is 27.3. The van der Waals surface area contributed by atoms with Gasteiger partial charge in [-0.1, -0.05) is 87.1 Å². The Morgan fingerprint density at radius 3 is 1.22 bits per heavy atom. The molecule has 3 heterocycles. The number of carbonyl (C=O) groups is 7. The van der Waals surface area contributed by atoms with Crippen LogP contribution in [-0.4, -0.2) is 118 Å². The van der Waals surface area contributed by atoms with Crippen molar-refractivity contribution in [2.45, 2.75) is 182 Å². The number of rotatable bonds is 12. The molecule has 0 saturated carbocycles. The molecule has 0 radical (unpaired) electrons. The number of hydrogen-bond donors (Lipinski definition) is 5. The van der Waals surface area contributed by atoms with Crippen molar-refractivity contribution >= 4 is 41.4 Å². The molecule has 0 unspecified atom stereocenters. The third-order valence-electron chi connectivity index (χ3n) is 12.8. The third kappa shape index (κ3) is 11.6. The first kappa shape index (κ1) is 48.4. The van der Waals surface area contributed by atoms with Gasteiger partial charge in [0.2, 0.25) is 41.4 Å². The summed E-state index contributed by atoms with van der Waals surface area (Å²) in [4.78, 5) is 103. The normalized spacial score (nSPS) is 30.0. The molecule has 0 aromatic rings. The van der Waals surface area contributed by atoms with Crippen LogP contribution in [0.15, 0.2) is 12.7 Å². The smallest absolute Gasteiger partial charge is 0.246 e. The number of hydrogen-bond acceptors (Lipinski definition) is 8. The number of nitrogens with one attached hydrogen (secondary N) is 5.